The maximum absolute atomic E-state index is 2.29. The van der Waals surface area contributed by atoms with E-state index in [1.54, 1.807) is 0 Å². The molecule has 0 amide bonds. The minimum absolute atomic E-state index is 1.07. The van der Waals surface area contributed by atoms with Crippen LogP contribution in [0, 0.1) is 0 Å². The van der Waals surface area contributed by atoms with Crippen molar-refractivity contribution < 1.29 is 0 Å². The molecule has 0 aromatic heterocycles. The molecule has 0 aromatic carbocycles. The summed E-state index contributed by atoms with van der Waals surface area (Å²) in [6.45, 7) is 2.29. The molecule has 1 fully saturated rings. The van der Waals surface area contributed by atoms with Gasteiger partial charge in [-0.2, -0.15) is 11.8 Å². The Labute approximate surface area is 87.9 Å². The summed E-state index contributed by atoms with van der Waals surface area (Å²) in [5, 5.41) is 1.07. The van der Waals surface area contributed by atoms with E-state index in [1.165, 1.54) is 63.5 Å². The fourth-order valence-electron chi connectivity index (χ4n) is 1.74. The third-order valence-electron chi connectivity index (χ3n) is 2.78. The van der Waals surface area contributed by atoms with E-state index in [0.29, 0.717) is 0 Å². The van der Waals surface area contributed by atoms with Crippen molar-refractivity contribution in [3.05, 3.63) is 0 Å². The van der Waals surface area contributed by atoms with Crippen LogP contribution in [0.25, 0.3) is 0 Å². The molecular formula is C12H24S. The fraction of sp³-hybridized carbons (Fsp3) is 1.00. The van der Waals surface area contributed by atoms with Crippen LogP contribution >= 0.6 is 11.8 Å². The van der Waals surface area contributed by atoms with E-state index in [1.807, 2.05) is 0 Å². The van der Waals surface area contributed by atoms with Crippen molar-refractivity contribution in [1.29, 1.82) is 0 Å². The lowest BCUT2D eigenvalue weighted by molar-refractivity contribution is 0.568. The smallest absolute Gasteiger partial charge is 0.0138 e. The Morgan fingerprint density at radius 2 is 1.46 bits per heavy atom. The third-order valence-corrected chi connectivity index (χ3v) is 3.82. The molecule has 1 heteroatoms. The van der Waals surface area contributed by atoms with Crippen molar-refractivity contribution >= 4 is 11.8 Å². The SMILES string of the molecule is CCCCCCCCCC[C@H]1CS1. The second-order valence-corrected chi connectivity index (χ2v) is 5.55. The Bertz CT molecular complexity index is 108. The first-order valence-electron chi connectivity index (χ1n) is 6.05. The van der Waals surface area contributed by atoms with Crippen LogP contribution in [0.15, 0.2) is 0 Å². The van der Waals surface area contributed by atoms with Gasteiger partial charge < -0.3 is 0 Å². The van der Waals surface area contributed by atoms with Crippen molar-refractivity contribution in [2.45, 2.75) is 70.0 Å². The molecule has 0 aromatic rings. The first-order valence-corrected chi connectivity index (χ1v) is 7.10. The summed E-state index contributed by atoms with van der Waals surface area (Å²) < 4.78 is 0. The van der Waals surface area contributed by atoms with Gasteiger partial charge in [0.15, 0.2) is 0 Å². The molecule has 1 saturated heterocycles. The Balaban J connectivity index is 1.63. The second kappa shape index (κ2) is 7.73. The lowest BCUT2D eigenvalue weighted by atomic mass is 10.1. The maximum Gasteiger partial charge on any atom is 0.0138 e. The number of rotatable bonds is 9. The molecule has 0 saturated carbocycles. The van der Waals surface area contributed by atoms with Gasteiger partial charge in [-0.1, -0.05) is 58.3 Å². The van der Waals surface area contributed by atoms with Crippen LogP contribution in [0.1, 0.15) is 64.7 Å². The van der Waals surface area contributed by atoms with Crippen LogP contribution < -0.4 is 0 Å². The van der Waals surface area contributed by atoms with Gasteiger partial charge in [-0.15, -0.1) is 0 Å². The summed E-state index contributed by atoms with van der Waals surface area (Å²) in [7, 11) is 0. The number of hydrogen-bond acceptors (Lipinski definition) is 1. The molecule has 13 heavy (non-hydrogen) atoms. The molecule has 78 valence electrons. The van der Waals surface area contributed by atoms with Crippen LogP contribution in [0.4, 0.5) is 0 Å². The molecule has 1 heterocycles. The first-order chi connectivity index (χ1) is 6.43. The Hall–Kier alpha value is 0.350. The minimum Gasteiger partial charge on any atom is -0.157 e. The topological polar surface area (TPSA) is 0 Å². The Morgan fingerprint density at radius 3 is 2.00 bits per heavy atom. The van der Waals surface area contributed by atoms with E-state index in [0.717, 1.165) is 5.25 Å². The summed E-state index contributed by atoms with van der Waals surface area (Å²) in [5.74, 6) is 1.45. The molecule has 0 radical (unpaired) electrons. The van der Waals surface area contributed by atoms with Gasteiger partial charge in [-0.3, -0.25) is 0 Å². The zero-order chi connectivity index (χ0) is 9.36. The number of unbranched alkanes of at least 4 members (excludes halogenated alkanes) is 7. The largest absolute Gasteiger partial charge is 0.157 e. The van der Waals surface area contributed by atoms with Crippen molar-refractivity contribution in [2.75, 3.05) is 5.75 Å². The average molecular weight is 200 g/mol. The van der Waals surface area contributed by atoms with Crippen LogP contribution in [-0.4, -0.2) is 11.0 Å². The van der Waals surface area contributed by atoms with Gasteiger partial charge >= 0.3 is 0 Å². The standard InChI is InChI=1S/C12H24S/c1-2-3-4-5-6-7-8-9-10-12-11-13-12/h12H,2-11H2,1H3/t12-/m0/s1. The highest BCUT2D eigenvalue weighted by Crippen LogP contribution is 2.34. The molecule has 0 bridgehead atoms. The van der Waals surface area contributed by atoms with E-state index in [2.05, 4.69) is 18.7 Å². The van der Waals surface area contributed by atoms with Crippen molar-refractivity contribution in [1.82, 2.24) is 0 Å². The first kappa shape index (κ1) is 11.4. The molecular weight excluding hydrogens is 176 g/mol. The monoisotopic (exact) mass is 200 g/mol. The van der Waals surface area contributed by atoms with Crippen LogP contribution in [-0.2, 0) is 0 Å². The van der Waals surface area contributed by atoms with E-state index in [4.69, 9.17) is 0 Å². The molecule has 1 aliphatic heterocycles. The summed E-state index contributed by atoms with van der Waals surface area (Å²) >= 11 is 2.14. The minimum atomic E-state index is 1.07. The van der Waals surface area contributed by atoms with Gasteiger partial charge in [0, 0.05) is 11.0 Å². The van der Waals surface area contributed by atoms with E-state index >= 15 is 0 Å². The second-order valence-electron chi connectivity index (χ2n) is 4.22. The van der Waals surface area contributed by atoms with Crippen molar-refractivity contribution in [3.8, 4) is 0 Å². The zero-order valence-electron chi connectivity index (χ0n) is 9.06. The van der Waals surface area contributed by atoms with Gasteiger partial charge in [-0.05, 0) is 6.42 Å². The summed E-state index contributed by atoms with van der Waals surface area (Å²) in [6.07, 6.45) is 13.2. The lowest BCUT2D eigenvalue weighted by Gasteiger charge is -2.00. The van der Waals surface area contributed by atoms with E-state index < -0.39 is 0 Å². The molecule has 1 aliphatic rings. The van der Waals surface area contributed by atoms with Gasteiger partial charge in [0.1, 0.15) is 0 Å². The predicted molar refractivity (Wildman–Crippen MR) is 63.5 cm³/mol. The van der Waals surface area contributed by atoms with Gasteiger partial charge in [0.2, 0.25) is 0 Å². The van der Waals surface area contributed by atoms with E-state index in [9.17, 15) is 0 Å². The molecule has 0 spiro atoms. The molecule has 0 N–H and O–H groups in total. The summed E-state index contributed by atoms with van der Waals surface area (Å²) in [6, 6.07) is 0. The quantitative estimate of drug-likeness (QED) is 0.386. The van der Waals surface area contributed by atoms with Gasteiger partial charge in [0.05, 0.1) is 0 Å². The summed E-state index contributed by atoms with van der Waals surface area (Å²) in [4.78, 5) is 0. The molecule has 1 atom stereocenters. The number of thioether (sulfide) groups is 1. The number of hydrogen-bond donors (Lipinski definition) is 0. The summed E-state index contributed by atoms with van der Waals surface area (Å²) in [5.41, 5.74) is 0. The molecule has 1 rings (SSSR count). The van der Waals surface area contributed by atoms with Crippen molar-refractivity contribution in [2.24, 2.45) is 0 Å². The predicted octanol–water partition coefficient (Wildman–Crippen LogP) is 4.63. The highest BCUT2D eigenvalue weighted by molar-refractivity contribution is 8.06. The zero-order valence-corrected chi connectivity index (χ0v) is 9.87. The van der Waals surface area contributed by atoms with Gasteiger partial charge in [-0.25, -0.2) is 0 Å². The maximum atomic E-state index is 2.29. The highest BCUT2D eigenvalue weighted by Gasteiger charge is 2.20. The van der Waals surface area contributed by atoms with Crippen LogP contribution in [0.2, 0.25) is 0 Å². The van der Waals surface area contributed by atoms with Crippen LogP contribution in [0.5, 0.6) is 0 Å². The molecule has 0 aliphatic carbocycles. The normalized spacial score (nSPS) is 20.5. The van der Waals surface area contributed by atoms with Gasteiger partial charge in [0.25, 0.3) is 0 Å². The highest BCUT2D eigenvalue weighted by atomic mass is 32.2. The average Bonchev–Trinajstić information content (AvgIpc) is 2.93. The Morgan fingerprint density at radius 1 is 0.923 bits per heavy atom. The van der Waals surface area contributed by atoms with E-state index in [-0.39, 0.29) is 0 Å². The molecule has 0 nitrogen and oxygen atoms in total. The van der Waals surface area contributed by atoms with Crippen LogP contribution in [0.3, 0.4) is 0 Å². The Kier molecular flexibility index (Phi) is 6.79. The fourth-order valence-corrected chi connectivity index (χ4v) is 2.38. The lowest BCUT2D eigenvalue weighted by Crippen LogP contribution is -1.84. The third kappa shape index (κ3) is 7.42. The molecule has 0 unspecified atom stereocenters. The van der Waals surface area contributed by atoms with Crippen molar-refractivity contribution in [3.63, 3.8) is 0 Å².